The van der Waals surface area contributed by atoms with Crippen molar-refractivity contribution in [1.82, 2.24) is 5.32 Å². The van der Waals surface area contributed by atoms with Gasteiger partial charge in [0, 0.05) is 6.04 Å². The van der Waals surface area contributed by atoms with Gasteiger partial charge in [-0.25, -0.2) is 8.78 Å². The summed E-state index contributed by atoms with van der Waals surface area (Å²) in [6.07, 6.45) is 0. The van der Waals surface area contributed by atoms with Gasteiger partial charge in [0.15, 0.2) is 0 Å². The van der Waals surface area contributed by atoms with E-state index >= 15 is 0 Å². The molecule has 1 atom stereocenters. The molecule has 1 unspecified atom stereocenters. The van der Waals surface area contributed by atoms with E-state index in [-0.39, 0.29) is 11.5 Å². The highest BCUT2D eigenvalue weighted by atomic mass is 19.3. The maximum absolute atomic E-state index is 12.9. The molecule has 19 heavy (non-hydrogen) atoms. The average Bonchev–Trinajstić information content (AvgIpc) is 2.35. The molecule has 0 aliphatic carbocycles. The Labute approximate surface area is 113 Å². The summed E-state index contributed by atoms with van der Waals surface area (Å²) in [5, 5.41) is 11.3. The van der Waals surface area contributed by atoms with Crippen LogP contribution in [0.15, 0.2) is 24.3 Å². The SMILES string of the molecule is CC(NCC(F)(F)CO)c1ccc(C(C)(C)C)cc1. The van der Waals surface area contributed by atoms with E-state index in [9.17, 15) is 8.78 Å². The molecule has 1 rings (SSSR count). The van der Waals surface area contributed by atoms with Gasteiger partial charge in [-0.2, -0.15) is 0 Å². The zero-order valence-corrected chi connectivity index (χ0v) is 12.0. The van der Waals surface area contributed by atoms with Crippen molar-refractivity contribution in [3.8, 4) is 0 Å². The van der Waals surface area contributed by atoms with Crippen LogP contribution in [0.25, 0.3) is 0 Å². The van der Waals surface area contributed by atoms with Crippen molar-refractivity contribution in [3.05, 3.63) is 35.4 Å². The van der Waals surface area contributed by atoms with Crippen LogP contribution < -0.4 is 5.32 Å². The largest absolute Gasteiger partial charge is 0.390 e. The lowest BCUT2D eigenvalue weighted by molar-refractivity contribution is -0.0490. The van der Waals surface area contributed by atoms with Gasteiger partial charge in [-0.3, -0.25) is 0 Å². The van der Waals surface area contributed by atoms with E-state index in [2.05, 4.69) is 26.1 Å². The fraction of sp³-hybridized carbons (Fsp3) is 0.600. The van der Waals surface area contributed by atoms with Crippen molar-refractivity contribution in [2.75, 3.05) is 13.2 Å². The Morgan fingerprint density at radius 3 is 2.11 bits per heavy atom. The van der Waals surface area contributed by atoms with Gasteiger partial charge >= 0.3 is 0 Å². The van der Waals surface area contributed by atoms with Crippen LogP contribution in [0.2, 0.25) is 0 Å². The summed E-state index contributed by atoms with van der Waals surface area (Å²) in [4.78, 5) is 0. The number of halogens is 2. The lowest BCUT2D eigenvalue weighted by Crippen LogP contribution is -2.37. The number of aliphatic hydroxyl groups is 1. The first-order valence-corrected chi connectivity index (χ1v) is 6.48. The number of aliphatic hydroxyl groups excluding tert-OH is 1. The minimum Gasteiger partial charge on any atom is -0.390 e. The third kappa shape index (κ3) is 4.88. The summed E-state index contributed by atoms with van der Waals surface area (Å²) in [6, 6.07) is 7.78. The van der Waals surface area contributed by atoms with Crippen LogP contribution >= 0.6 is 0 Å². The Kier molecular flexibility index (Phi) is 5.04. The summed E-state index contributed by atoms with van der Waals surface area (Å²) in [6.45, 7) is 6.57. The molecule has 0 heterocycles. The van der Waals surface area contributed by atoms with Crippen molar-refractivity contribution >= 4 is 0 Å². The molecule has 1 aromatic rings. The van der Waals surface area contributed by atoms with Crippen molar-refractivity contribution < 1.29 is 13.9 Å². The van der Waals surface area contributed by atoms with Crippen LogP contribution in [0.5, 0.6) is 0 Å². The minimum atomic E-state index is -3.07. The van der Waals surface area contributed by atoms with Crippen molar-refractivity contribution in [2.24, 2.45) is 0 Å². The zero-order chi connectivity index (χ0) is 14.7. The summed E-state index contributed by atoms with van der Waals surface area (Å²) in [7, 11) is 0. The predicted molar refractivity (Wildman–Crippen MR) is 73.6 cm³/mol. The Morgan fingerprint density at radius 1 is 1.16 bits per heavy atom. The summed E-state index contributed by atoms with van der Waals surface area (Å²) >= 11 is 0. The third-order valence-electron chi connectivity index (χ3n) is 3.17. The van der Waals surface area contributed by atoms with Crippen LogP contribution in [-0.4, -0.2) is 24.2 Å². The first kappa shape index (κ1) is 16.1. The highest BCUT2D eigenvalue weighted by Gasteiger charge is 2.27. The Hall–Kier alpha value is -1.00. The number of rotatable bonds is 5. The summed E-state index contributed by atoms with van der Waals surface area (Å²) < 4.78 is 25.9. The fourth-order valence-electron chi connectivity index (χ4n) is 1.75. The van der Waals surface area contributed by atoms with E-state index in [1.807, 2.05) is 31.2 Å². The molecule has 0 aliphatic heterocycles. The quantitative estimate of drug-likeness (QED) is 0.861. The maximum Gasteiger partial charge on any atom is 0.282 e. The van der Waals surface area contributed by atoms with E-state index in [4.69, 9.17) is 5.11 Å². The molecule has 2 nitrogen and oxygen atoms in total. The normalized spacial score (nSPS) is 14.5. The van der Waals surface area contributed by atoms with Gasteiger partial charge in [-0.15, -0.1) is 0 Å². The molecule has 2 N–H and O–H groups in total. The summed E-state index contributed by atoms with van der Waals surface area (Å²) in [5.41, 5.74) is 2.25. The molecule has 0 radical (unpaired) electrons. The second-order valence-electron chi connectivity index (χ2n) is 5.99. The number of benzene rings is 1. The Bertz CT molecular complexity index is 396. The lowest BCUT2D eigenvalue weighted by Gasteiger charge is -2.22. The fourth-order valence-corrected chi connectivity index (χ4v) is 1.75. The second-order valence-corrected chi connectivity index (χ2v) is 5.99. The van der Waals surface area contributed by atoms with Crippen molar-refractivity contribution in [2.45, 2.75) is 45.1 Å². The predicted octanol–water partition coefficient (Wildman–Crippen LogP) is 3.26. The molecular formula is C15H23F2NO. The second kappa shape index (κ2) is 5.97. The molecule has 0 fully saturated rings. The van der Waals surface area contributed by atoms with Gasteiger partial charge in [0.25, 0.3) is 5.92 Å². The lowest BCUT2D eigenvalue weighted by atomic mass is 9.86. The standard InChI is InChI=1S/C15H23F2NO/c1-11(18-9-15(16,17)10-19)12-5-7-13(8-6-12)14(2,3)4/h5-8,11,18-19H,9-10H2,1-4H3. The van der Waals surface area contributed by atoms with Crippen LogP contribution in [0, 0.1) is 0 Å². The van der Waals surface area contributed by atoms with Gasteiger partial charge in [0.2, 0.25) is 0 Å². The molecule has 0 aromatic heterocycles. The molecule has 1 aromatic carbocycles. The topological polar surface area (TPSA) is 32.3 Å². The highest BCUT2D eigenvalue weighted by molar-refractivity contribution is 5.29. The third-order valence-corrected chi connectivity index (χ3v) is 3.17. The minimum absolute atomic E-state index is 0.0825. The van der Waals surface area contributed by atoms with Crippen molar-refractivity contribution in [3.63, 3.8) is 0 Å². The maximum atomic E-state index is 12.9. The van der Waals surface area contributed by atoms with E-state index < -0.39 is 19.1 Å². The Morgan fingerprint density at radius 2 is 1.68 bits per heavy atom. The van der Waals surface area contributed by atoms with Gasteiger partial charge < -0.3 is 10.4 Å². The smallest absolute Gasteiger partial charge is 0.282 e. The monoisotopic (exact) mass is 271 g/mol. The van der Waals surface area contributed by atoms with E-state index in [1.54, 1.807) is 0 Å². The molecule has 0 amide bonds. The summed E-state index contributed by atoms with van der Waals surface area (Å²) in [5.74, 6) is -3.07. The molecule has 108 valence electrons. The number of nitrogens with one attached hydrogen (secondary N) is 1. The first-order valence-electron chi connectivity index (χ1n) is 6.48. The van der Waals surface area contributed by atoms with Gasteiger partial charge in [-0.05, 0) is 23.5 Å². The average molecular weight is 271 g/mol. The van der Waals surface area contributed by atoms with Gasteiger partial charge in [0.1, 0.15) is 6.61 Å². The van der Waals surface area contributed by atoms with Crippen LogP contribution in [-0.2, 0) is 5.41 Å². The van der Waals surface area contributed by atoms with Gasteiger partial charge in [0.05, 0.1) is 6.54 Å². The molecule has 0 aliphatic rings. The van der Waals surface area contributed by atoms with Gasteiger partial charge in [-0.1, -0.05) is 45.0 Å². The molecule has 0 saturated heterocycles. The van der Waals surface area contributed by atoms with E-state index in [0.29, 0.717) is 0 Å². The zero-order valence-electron chi connectivity index (χ0n) is 12.0. The molecule has 0 spiro atoms. The Balaban J connectivity index is 2.66. The first-order chi connectivity index (χ1) is 8.65. The highest BCUT2D eigenvalue weighted by Crippen LogP contribution is 2.24. The molecule has 0 bridgehead atoms. The number of hydrogen-bond donors (Lipinski definition) is 2. The molecular weight excluding hydrogens is 248 g/mol. The van der Waals surface area contributed by atoms with Crippen LogP contribution in [0.4, 0.5) is 8.78 Å². The number of alkyl halides is 2. The van der Waals surface area contributed by atoms with Crippen molar-refractivity contribution in [1.29, 1.82) is 0 Å². The van der Waals surface area contributed by atoms with E-state index in [1.165, 1.54) is 5.56 Å². The van der Waals surface area contributed by atoms with E-state index in [0.717, 1.165) is 5.56 Å². The van der Waals surface area contributed by atoms with Crippen LogP contribution in [0.3, 0.4) is 0 Å². The molecule has 0 saturated carbocycles. The van der Waals surface area contributed by atoms with Crippen LogP contribution in [0.1, 0.15) is 44.9 Å². The molecule has 4 heteroatoms. The number of hydrogen-bond acceptors (Lipinski definition) is 2.